The van der Waals surface area contributed by atoms with E-state index in [1.807, 2.05) is 18.2 Å². The Hall–Kier alpha value is -3.26. The summed E-state index contributed by atoms with van der Waals surface area (Å²) in [6.07, 6.45) is 0.808. The van der Waals surface area contributed by atoms with Crippen LogP contribution in [0.2, 0.25) is 0 Å². The number of rotatable bonds is 3. The molecule has 0 atom stereocenters. The lowest BCUT2D eigenvalue weighted by Crippen LogP contribution is -2.30. The number of hydrogen-bond donors (Lipinski definition) is 3. The minimum Gasteiger partial charge on any atom is -0.478 e. The van der Waals surface area contributed by atoms with Crippen molar-refractivity contribution >= 4 is 28.8 Å². The molecule has 2 aromatic heterocycles. The van der Waals surface area contributed by atoms with Crippen LogP contribution in [0.3, 0.4) is 0 Å². The summed E-state index contributed by atoms with van der Waals surface area (Å²) >= 11 is 0. The highest BCUT2D eigenvalue weighted by atomic mass is 16.4. The van der Waals surface area contributed by atoms with Crippen LogP contribution in [-0.4, -0.2) is 37.5 Å². The van der Waals surface area contributed by atoms with E-state index in [0.717, 1.165) is 42.9 Å². The number of carbonyl (C=O) groups is 1. The zero-order chi connectivity index (χ0) is 18.3. The fraction of sp³-hybridized carbons (Fsp3) is 0.222. The van der Waals surface area contributed by atoms with Crippen LogP contribution in [-0.2, 0) is 19.5 Å². The van der Waals surface area contributed by atoms with Gasteiger partial charge in [0.05, 0.1) is 10.9 Å². The number of aromatic nitrogens is 3. The molecule has 26 heavy (non-hydrogen) atoms. The van der Waals surface area contributed by atoms with E-state index >= 15 is 0 Å². The van der Waals surface area contributed by atoms with Gasteiger partial charge in [-0.25, -0.2) is 9.78 Å². The van der Waals surface area contributed by atoms with E-state index in [1.54, 1.807) is 12.1 Å². The predicted molar refractivity (Wildman–Crippen MR) is 97.4 cm³/mol. The van der Waals surface area contributed by atoms with Crippen molar-refractivity contribution in [3.63, 3.8) is 0 Å². The van der Waals surface area contributed by atoms with Crippen molar-refractivity contribution in [1.82, 2.24) is 19.9 Å². The fourth-order valence-corrected chi connectivity index (χ4v) is 3.26. The molecule has 8 heteroatoms. The van der Waals surface area contributed by atoms with Gasteiger partial charge in [-0.05, 0) is 29.3 Å². The zero-order valence-corrected chi connectivity index (χ0v) is 14.0. The Balaban J connectivity index is 1.57. The number of nitrogens with two attached hydrogens (primary N) is 2. The lowest BCUT2D eigenvalue weighted by Gasteiger charge is -2.28. The van der Waals surface area contributed by atoms with Crippen LogP contribution in [0.4, 0.5) is 11.8 Å². The molecule has 0 aliphatic carbocycles. The van der Waals surface area contributed by atoms with Gasteiger partial charge in [0.2, 0.25) is 5.95 Å². The van der Waals surface area contributed by atoms with E-state index in [1.165, 1.54) is 0 Å². The molecule has 4 rings (SSSR count). The molecular weight excluding hydrogens is 332 g/mol. The minimum absolute atomic E-state index is 0.129. The van der Waals surface area contributed by atoms with Gasteiger partial charge >= 0.3 is 5.97 Å². The standard InChI is InChI=1S/C18H18N6O2/c19-15-13-7-12-9-24(8-10-1-3-11(4-2-10)17(25)26)6-5-14(12)21-16(13)23-18(20)22-15/h1-4,7H,5-6,8-9H2,(H,25,26)(H4,19,20,21,22,23). The number of aromatic carboxylic acids is 1. The summed E-state index contributed by atoms with van der Waals surface area (Å²) < 4.78 is 0. The van der Waals surface area contributed by atoms with Gasteiger partial charge in [-0.15, -0.1) is 0 Å². The summed E-state index contributed by atoms with van der Waals surface area (Å²) in [5.74, 6) is -0.448. The maximum absolute atomic E-state index is 10.9. The molecule has 1 aliphatic rings. The average molecular weight is 350 g/mol. The van der Waals surface area contributed by atoms with Crippen molar-refractivity contribution in [2.45, 2.75) is 19.5 Å². The molecule has 132 valence electrons. The number of pyridine rings is 1. The molecule has 3 aromatic rings. The van der Waals surface area contributed by atoms with Crippen molar-refractivity contribution in [1.29, 1.82) is 0 Å². The number of benzene rings is 1. The second-order valence-electron chi connectivity index (χ2n) is 6.40. The maximum atomic E-state index is 10.9. The van der Waals surface area contributed by atoms with E-state index in [-0.39, 0.29) is 5.95 Å². The topological polar surface area (TPSA) is 131 Å². The first kappa shape index (κ1) is 16.2. The highest BCUT2D eigenvalue weighted by Gasteiger charge is 2.20. The van der Waals surface area contributed by atoms with E-state index in [4.69, 9.17) is 16.6 Å². The van der Waals surface area contributed by atoms with Gasteiger partial charge in [0, 0.05) is 31.7 Å². The molecule has 5 N–H and O–H groups in total. The summed E-state index contributed by atoms with van der Waals surface area (Å²) in [4.78, 5) is 26.0. The number of hydrogen-bond acceptors (Lipinski definition) is 7. The molecule has 0 fully saturated rings. The van der Waals surface area contributed by atoms with Gasteiger partial charge in [0.1, 0.15) is 5.82 Å². The molecule has 0 amide bonds. The normalized spacial score (nSPS) is 14.3. The van der Waals surface area contributed by atoms with Crippen LogP contribution < -0.4 is 11.5 Å². The minimum atomic E-state index is -0.915. The average Bonchev–Trinajstić information content (AvgIpc) is 2.61. The molecule has 0 saturated heterocycles. The Bertz CT molecular complexity index is 1000. The number of carboxylic acid groups (broad SMARTS) is 1. The summed E-state index contributed by atoms with van der Waals surface area (Å²) in [6, 6.07) is 8.96. The van der Waals surface area contributed by atoms with E-state index in [9.17, 15) is 4.79 Å². The molecule has 1 aromatic carbocycles. The highest BCUT2D eigenvalue weighted by Crippen LogP contribution is 2.25. The number of anilines is 2. The van der Waals surface area contributed by atoms with Crippen molar-refractivity contribution < 1.29 is 9.90 Å². The second-order valence-corrected chi connectivity index (χ2v) is 6.40. The lowest BCUT2D eigenvalue weighted by atomic mass is 10.0. The summed E-state index contributed by atoms with van der Waals surface area (Å²) in [6.45, 7) is 2.34. The second kappa shape index (κ2) is 6.23. The molecule has 0 unspecified atom stereocenters. The smallest absolute Gasteiger partial charge is 0.335 e. The lowest BCUT2D eigenvalue weighted by molar-refractivity contribution is 0.0697. The molecular formula is C18H18N6O2. The van der Waals surface area contributed by atoms with E-state index in [0.29, 0.717) is 22.4 Å². The molecule has 0 bridgehead atoms. The van der Waals surface area contributed by atoms with Crippen LogP contribution in [0.5, 0.6) is 0 Å². The first-order chi connectivity index (χ1) is 12.5. The van der Waals surface area contributed by atoms with Crippen LogP contribution in [0.25, 0.3) is 11.0 Å². The molecule has 1 aliphatic heterocycles. The third kappa shape index (κ3) is 3.02. The first-order valence-electron chi connectivity index (χ1n) is 8.25. The van der Waals surface area contributed by atoms with Crippen LogP contribution in [0.1, 0.15) is 27.2 Å². The van der Waals surface area contributed by atoms with Crippen LogP contribution in [0, 0.1) is 0 Å². The SMILES string of the molecule is Nc1nc(N)c2cc3c(nc2n1)CCN(Cc1ccc(C(=O)O)cc1)C3. The summed E-state index contributed by atoms with van der Waals surface area (Å²) in [5, 5.41) is 9.70. The largest absolute Gasteiger partial charge is 0.478 e. The zero-order valence-electron chi connectivity index (χ0n) is 14.0. The fourth-order valence-electron chi connectivity index (χ4n) is 3.26. The van der Waals surface area contributed by atoms with Crippen LogP contribution in [0.15, 0.2) is 30.3 Å². The van der Waals surface area contributed by atoms with Gasteiger partial charge < -0.3 is 16.6 Å². The number of carboxylic acids is 1. The maximum Gasteiger partial charge on any atom is 0.335 e. The van der Waals surface area contributed by atoms with Crippen molar-refractivity contribution in [3.05, 3.63) is 52.7 Å². The Morgan fingerprint density at radius 1 is 1.15 bits per heavy atom. The summed E-state index contributed by atoms with van der Waals surface area (Å²) in [7, 11) is 0. The third-order valence-electron chi connectivity index (χ3n) is 4.57. The number of nitrogen functional groups attached to an aromatic ring is 2. The highest BCUT2D eigenvalue weighted by molar-refractivity contribution is 5.87. The Morgan fingerprint density at radius 2 is 1.92 bits per heavy atom. The van der Waals surface area contributed by atoms with E-state index < -0.39 is 5.97 Å². The Labute approximate surface area is 149 Å². The van der Waals surface area contributed by atoms with Gasteiger partial charge in [-0.1, -0.05) is 12.1 Å². The van der Waals surface area contributed by atoms with Crippen molar-refractivity contribution in [3.8, 4) is 0 Å². The van der Waals surface area contributed by atoms with E-state index in [2.05, 4.69) is 19.9 Å². The first-order valence-corrected chi connectivity index (χ1v) is 8.25. The molecule has 8 nitrogen and oxygen atoms in total. The number of nitrogens with zero attached hydrogens (tertiary/aromatic N) is 4. The van der Waals surface area contributed by atoms with Gasteiger partial charge in [-0.3, -0.25) is 4.90 Å². The monoisotopic (exact) mass is 350 g/mol. The van der Waals surface area contributed by atoms with Crippen molar-refractivity contribution in [2.75, 3.05) is 18.0 Å². The molecule has 3 heterocycles. The van der Waals surface area contributed by atoms with Crippen molar-refractivity contribution in [2.24, 2.45) is 0 Å². The van der Waals surface area contributed by atoms with Crippen LogP contribution >= 0.6 is 0 Å². The molecule has 0 saturated carbocycles. The molecule has 0 radical (unpaired) electrons. The van der Waals surface area contributed by atoms with Gasteiger partial charge in [0.25, 0.3) is 0 Å². The van der Waals surface area contributed by atoms with Gasteiger partial charge in [0.15, 0.2) is 5.65 Å². The third-order valence-corrected chi connectivity index (χ3v) is 4.57. The number of fused-ring (bicyclic) bond motifs is 2. The predicted octanol–water partition coefficient (Wildman–Crippen LogP) is 1.45. The Morgan fingerprint density at radius 3 is 2.65 bits per heavy atom. The Kier molecular flexibility index (Phi) is 3.89. The summed E-state index contributed by atoms with van der Waals surface area (Å²) in [5.41, 5.74) is 15.6. The quantitative estimate of drug-likeness (QED) is 0.647. The molecule has 0 spiro atoms. The van der Waals surface area contributed by atoms with Gasteiger partial charge in [-0.2, -0.15) is 9.97 Å².